The molecule has 0 spiro atoms. The average molecular weight is 514 g/mol. The Kier molecular flexibility index (Phi) is 9.14. The number of rotatable bonds is 11. The second-order valence-corrected chi connectivity index (χ2v) is 15.0. The van der Waals surface area contributed by atoms with E-state index in [0.29, 0.717) is 23.9 Å². The zero-order valence-electron chi connectivity index (χ0n) is 21.6. The van der Waals surface area contributed by atoms with Gasteiger partial charge >= 0.3 is 0 Å². The first kappa shape index (κ1) is 27.7. The molecule has 3 aromatic carbocycles. The van der Waals surface area contributed by atoms with Crippen LogP contribution in [-0.2, 0) is 17.6 Å². The Labute approximate surface area is 214 Å². The van der Waals surface area contributed by atoms with Crippen LogP contribution < -0.4 is 14.2 Å². The number of halogens is 2. The van der Waals surface area contributed by atoms with Gasteiger partial charge in [-0.05, 0) is 72.6 Å². The van der Waals surface area contributed by atoms with E-state index in [1.807, 2.05) is 0 Å². The second-order valence-electron chi connectivity index (χ2n) is 10.2. The molecule has 7 heteroatoms. The van der Waals surface area contributed by atoms with Crippen LogP contribution in [0.5, 0.6) is 17.2 Å². The van der Waals surface area contributed by atoms with E-state index in [9.17, 15) is 8.78 Å². The van der Waals surface area contributed by atoms with E-state index in [1.165, 1.54) is 24.3 Å². The number of ether oxygens (including phenoxy) is 3. The van der Waals surface area contributed by atoms with Crippen molar-refractivity contribution in [3.63, 3.8) is 0 Å². The third kappa shape index (κ3) is 8.07. The van der Waals surface area contributed by atoms with Crippen LogP contribution in [0, 0.1) is 18.6 Å². The molecule has 4 nitrogen and oxygen atoms in total. The summed E-state index contributed by atoms with van der Waals surface area (Å²) in [6.45, 7) is 15.8. The Morgan fingerprint density at radius 3 is 1.75 bits per heavy atom. The SMILES string of the molecule is [CH2][C@H](COc1ccc(OCc2ccc(F)cc2)c(OCc2ccc(F)cc2)c1)O[Si](C)(C)C(C)(C)C. The highest BCUT2D eigenvalue weighted by molar-refractivity contribution is 6.74. The molecular weight excluding hydrogens is 478 g/mol. The molecule has 0 saturated heterocycles. The number of hydrogen-bond acceptors (Lipinski definition) is 4. The second kappa shape index (κ2) is 11.9. The Morgan fingerprint density at radius 1 is 0.750 bits per heavy atom. The third-order valence-electron chi connectivity index (χ3n) is 6.23. The molecule has 193 valence electrons. The summed E-state index contributed by atoms with van der Waals surface area (Å²) in [7, 11) is -1.96. The van der Waals surface area contributed by atoms with Crippen molar-refractivity contribution in [3.8, 4) is 17.2 Å². The Bertz CT molecular complexity index is 1110. The van der Waals surface area contributed by atoms with Gasteiger partial charge in [0.05, 0.1) is 6.10 Å². The predicted octanol–water partition coefficient (Wildman–Crippen LogP) is 7.73. The molecule has 1 radical (unpaired) electrons. The van der Waals surface area contributed by atoms with Gasteiger partial charge in [-0.15, -0.1) is 0 Å². The molecular formula is C29H35F2O4Si. The minimum Gasteiger partial charge on any atom is -0.491 e. The van der Waals surface area contributed by atoms with Gasteiger partial charge in [0.2, 0.25) is 0 Å². The number of benzene rings is 3. The van der Waals surface area contributed by atoms with Gasteiger partial charge in [-0.2, -0.15) is 0 Å². The molecule has 0 aromatic heterocycles. The molecule has 0 N–H and O–H groups in total. The minimum absolute atomic E-state index is 0.0772. The van der Waals surface area contributed by atoms with Crippen molar-refractivity contribution in [2.75, 3.05) is 6.61 Å². The largest absolute Gasteiger partial charge is 0.491 e. The highest BCUT2D eigenvalue weighted by atomic mass is 28.4. The standard InChI is InChI=1S/C29H35F2O4Si/c1-21(35-36(5,6)29(2,3)4)18-32-26-15-16-27(33-19-22-7-11-24(30)12-8-22)28(17-26)34-20-23-9-13-25(31)14-10-23/h7-17,21H,1,18-20H2,2-6H3/t21-/m1/s1. The minimum atomic E-state index is -1.96. The van der Waals surface area contributed by atoms with Gasteiger partial charge in [0.25, 0.3) is 0 Å². The van der Waals surface area contributed by atoms with E-state index in [4.69, 9.17) is 18.6 Å². The van der Waals surface area contributed by atoms with Crippen LogP contribution in [0.4, 0.5) is 8.78 Å². The molecule has 0 amide bonds. The average Bonchev–Trinajstić information content (AvgIpc) is 2.81. The first-order valence-electron chi connectivity index (χ1n) is 12.0. The smallest absolute Gasteiger partial charge is 0.192 e. The molecule has 0 heterocycles. The maximum absolute atomic E-state index is 13.3. The lowest BCUT2D eigenvalue weighted by Gasteiger charge is -2.38. The van der Waals surface area contributed by atoms with Gasteiger partial charge in [-0.1, -0.05) is 45.0 Å². The van der Waals surface area contributed by atoms with Gasteiger partial charge in [0.1, 0.15) is 37.2 Å². The molecule has 1 atom stereocenters. The summed E-state index contributed by atoms with van der Waals surface area (Å²) in [5, 5.41) is 0.0772. The molecule has 0 saturated carbocycles. The first-order chi connectivity index (χ1) is 16.9. The molecule has 3 rings (SSSR count). The highest BCUT2D eigenvalue weighted by Gasteiger charge is 2.38. The van der Waals surface area contributed by atoms with E-state index in [0.717, 1.165) is 11.1 Å². The summed E-state index contributed by atoms with van der Waals surface area (Å²) in [5.41, 5.74) is 1.64. The van der Waals surface area contributed by atoms with E-state index in [1.54, 1.807) is 42.5 Å². The maximum atomic E-state index is 13.3. The van der Waals surface area contributed by atoms with E-state index in [-0.39, 0.29) is 36.0 Å². The highest BCUT2D eigenvalue weighted by Crippen LogP contribution is 2.37. The molecule has 0 aliphatic heterocycles. The molecule has 3 aromatic rings. The molecule has 36 heavy (non-hydrogen) atoms. The first-order valence-corrected chi connectivity index (χ1v) is 14.9. The fraction of sp³-hybridized carbons (Fsp3) is 0.345. The van der Waals surface area contributed by atoms with Crippen LogP contribution in [0.1, 0.15) is 31.9 Å². The van der Waals surface area contributed by atoms with Crippen molar-refractivity contribution < 1.29 is 27.4 Å². The summed E-state index contributed by atoms with van der Waals surface area (Å²) < 4.78 is 50.7. The number of hydrogen-bond donors (Lipinski definition) is 0. The van der Waals surface area contributed by atoms with Crippen LogP contribution in [-0.4, -0.2) is 21.0 Å². The summed E-state index contributed by atoms with van der Waals surface area (Å²) in [5.74, 6) is 0.970. The van der Waals surface area contributed by atoms with Crippen molar-refractivity contribution in [1.82, 2.24) is 0 Å². The quantitative estimate of drug-likeness (QED) is 0.246. The van der Waals surface area contributed by atoms with Crippen molar-refractivity contribution in [3.05, 3.63) is 96.4 Å². The third-order valence-corrected chi connectivity index (χ3v) is 10.8. The Hall–Kier alpha value is -2.90. The monoisotopic (exact) mass is 513 g/mol. The molecule has 0 bridgehead atoms. The summed E-state index contributed by atoms with van der Waals surface area (Å²) in [6.07, 6.45) is -0.316. The fourth-order valence-electron chi connectivity index (χ4n) is 3.11. The molecule has 0 aliphatic carbocycles. The van der Waals surface area contributed by atoms with Crippen LogP contribution in [0.3, 0.4) is 0 Å². The van der Waals surface area contributed by atoms with Crippen LogP contribution in [0.2, 0.25) is 18.1 Å². The zero-order chi connectivity index (χ0) is 26.3. The topological polar surface area (TPSA) is 36.9 Å². The Morgan fingerprint density at radius 2 is 1.25 bits per heavy atom. The fourth-order valence-corrected chi connectivity index (χ4v) is 4.37. The summed E-state index contributed by atoms with van der Waals surface area (Å²) in [6, 6.07) is 17.6. The molecule has 0 unspecified atom stereocenters. The van der Waals surface area contributed by atoms with Crippen LogP contribution in [0.25, 0.3) is 0 Å². The lowest BCUT2D eigenvalue weighted by atomic mass is 10.2. The molecule has 0 fully saturated rings. The van der Waals surface area contributed by atoms with E-state index in [2.05, 4.69) is 40.8 Å². The molecule has 0 aliphatic rings. The zero-order valence-corrected chi connectivity index (χ0v) is 22.6. The van der Waals surface area contributed by atoms with Gasteiger partial charge in [-0.25, -0.2) is 8.78 Å². The maximum Gasteiger partial charge on any atom is 0.192 e. The summed E-state index contributed by atoms with van der Waals surface area (Å²) >= 11 is 0. The predicted molar refractivity (Wildman–Crippen MR) is 141 cm³/mol. The van der Waals surface area contributed by atoms with Crippen molar-refractivity contribution in [2.24, 2.45) is 0 Å². The van der Waals surface area contributed by atoms with Gasteiger partial charge in [-0.3, -0.25) is 0 Å². The van der Waals surface area contributed by atoms with Gasteiger partial charge in [0, 0.05) is 6.07 Å². The van der Waals surface area contributed by atoms with E-state index < -0.39 is 8.32 Å². The van der Waals surface area contributed by atoms with Crippen LogP contribution in [0.15, 0.2) is 66.7 Å². The van der Waals surface area contributed by atoms with Gasteiger partial charge < -0.3 is 18.6 Å². The van der Waals surface area contributed by atoms with Gasteiger partial charge in [0.15, 0.2) is 19.8 Å². The van der Waals surface area contributed by atoms with Crippen molar-refractivity contribution in [2.45, 2.75) is 58.2 Å². The lowest BCUT2D eigenvalue weighted by Crippen LogP contribution is -2.44. The Balaban J connectivity index is 1.70. The van der Waals surface area contributed by atoms with Crippen molar-refractivity contribution in [1.29, 1.82) is 0 Å². The van der Waals surface area contributed by atoms with Crippen molar-refractivity contribution >= 4 is 8.32 Å². The summed E-state index contributed by atoms with van der Waals surface area (Å²) in [4.78, 5) is 0. The van der Waals surface area contributed by atoms with Crippen LogP contribution >= 0.6 is 0 Å². The lowest BCUT2D eigenvalue weighted by molar-refractivity contribution is 0.147. The normalized spacial score (nSPS) is 12.8. The van der Waals surface area contributed by atoms with E-state index >= 15 is 0 Å².